The molecule has 14 heteroatoms. The first-order valence-electron chi connectivity index (χ1n) is 17.9. The molecule has 58 heavy (non-hydrogen) atoms. The second kappa shape index (κ2) is 19.4. The van der Waals surface area contributed by atoms with Gasteiger partial charge in [0.2, 0.25) is 0 Å². The van der Waals surface area contributed by atoms with Crippen molar-refractivity contribution in [2.45, 2.75) is 75.7 Å². The van der Waals surface area contributed by atoms with Crippen molar-refractivity contribution in [3.8, 4) is 23.0 Å². The number of phenolic OH excluding ortho intramolecular Hbond substituents is 1. The largest absolute Gasteiger partial charge is 0.506 e. The highest BCUT2D eigenvalue weighted by atomic mass is 79.9. The van der Waals surface area contributed by atoms with Gasteiger partial charge in [0.1, 0.15) is 45.2 Å². The number of carboxylic acid groups (broad SMARTS) is 1. The molecule has 1 atom stereocenters. The number of esters is 3. The zero-order valence-corrected chi connectivity index (χ0v) is 36.1. The first-order valence-corrected chi connectivity index (χ1v) is 18.7. The van der Waals surface area contributed by atoms with Gasteiger partial charge in [0.25, 0.3) is 0 Å². The van der Waals surface area contributed by atoms with E-state index < -0.39 is 35.5 Å². The van der Waals surface area contributed by atoms with Gasteiger partial charge in [-0.2, -0.15) is 0 Å². The first-order chi connectivity index (χ1) is 27.2. The predicted molar refractivity (Wildman–Crippen MR) is 218 cm³/mol. The highest BCUT2D eigenvalue weighted by Crippen LogP contribution is 2.44. The average molecular weight is 864 g/mol. The smallest absolute Gasteiger partial charge is 0.347 e. The number of benzene rings is 3. The summed E-state index contributed by atoms with van der Waals surface area (Å²) in [6.45, 7) is 16.8. The summed E-state index contributed by atoms with van der Waals surface area (Å²) >= 11 is 3.28. The Kier molecular flexibility index (Phi) is 15.5. The van der Waals surface area contributed by atoms with Gasteiger partial charge in [-0.3, -0.25) is 14.4 Å². The van der Waals surface area contributed by atoms with Crippen LogP contribution in [-0.2, 0) is 30.3 Å². The minimum atomic E-state index is -1.06. The van der Waals surface area contributed by atoms with E-state index in [1.54, 1.807) is 68.4 Å². The van der Waals surface area contributed by atoms with Crippen LogP contribution in [0.2, 0.25) is 0 Å². The van der Waals surface area contributed by atoms with Gasteiger partial charge in [0.15, 0.2) is 11.5 Å². The number of allylic oxidation sites excluding steroid dienone is 3. The van der Waals surface area contributed by atoms with E-state index in [-0.39, 0.29) is 50.0 Å². The van der Waals surface area contributed by atoms with Crippen LogP contribution < -0.4 is 14.2 Å². The van der Waals surface area contributed by atoms with E-state index in [0.29, 0.717) is 68.4 Å². The van der Waals surface area contributed by atoms with Crippen molar-refractivity contribution in [2.24, 2.45) is 5.92 Å². The summed E-state index contributed by atoms with van der Waals surface area (Å²) in [6.07, 6.45) is 6.15. The maximum absolute atomic E-state index is 13.8. The third-order valence-electron chi connectivity index (χ3n) is 10.1. The second-order valence-electron chi connectivity index (χ2n) is 13.5. The fourth-order valence-corrected chi connectivity index (χ4v) is 7.24. The Morgan fingerprint density at radius 2 is 1.31 bits per heavy atom. The van der Waals surface area contributed by atoms with Gasteiger partial charge in [-0.15, -0.1) is 0 Å². The minimum absolute atomic E-state index is 0.0201. The topological polar surface area (TPSA) is 189 Å². The normalized spacial score (nSPS) is 13.5. The van der Waals surface area contributed by atoms with Crippen LogP contribution >= 0.6 is 15.9 Å². The van der Waals surface area contributed by atoms with E-state index >= 15 is 0 Å². The molecular weight excluding hydrogens is 816 g/mol. The molecule has 13 nitrogen and oxygen atoms in total. The molecule has 0 radical (unpaired) electrons. The SMILES string of the molecule is CCc1c(C)c(OC(=O)c2c(C)c(C)c(OC(=O)C3C(C)=CC(=O)C=C3OC)c(Br)c2O)cc(C)c1C(=O)Oc1c(C)c(C)c(C(=O)O)c(C)c1C.CO/C=C/C=O. The monoisotopic (exact) mass is 862 g/mol. The number of carboxylic acids is 1. The Balaban J connectivity index is 0.00000139. The number of ketones is 1. The second-order valence-corrected chi connectivity index (χ2v) is 14.3. The number of aromatic carboxylic acids is 1. The van der Waals surface area contributed by atoms with E-state index in [0.717, 1.165) is 0 Å². The van der Waals surface area contributed by atoms with Gasteiger partial charge in [-0.25, -0.2) is 14.4 Å². The van der Waals surface area contributed by atoms with Gasteiger partial charge in [0.05, 0.1) is 31.6 Å². The van der Waals surface area contributed by atoms with Crippen LogP contribution in [0, 0.1) is 61.3 Å². The molecule has 0 aliphatic heterocycles. The van der Waals surface area contributed by atoms with Gasteiger partial charge in [0, 0.05) is 12.2 Å². The van der Waals surface area contributed by atoms with Crippen LogP contribution in [0.3, 0.4) is 0 Å². The van der Waals surface area contributed by atoms with E-state index in [4.69, 9.17) is 18.9 Å². The number of phenols is 1. The lowest BCUT2D eigenvalue weighted by Crippen LogP contribution is -2.28. The summed E-state index contributed by atoms with van der Waals surface area (Å²) in [5.41, 5.74) is 5.02. The Labute approximate surface area is 345 Å². The average Bonchev–Trinajstić information content (AvgIpc) is 3.16. The maximum atomic E-state index is 13.8. The molecule has 0 saturated carbocycles. The fraction of sp³-hybridized carbons (Fsp3) is 0.318. The molecule has 1 aliphatic rings. The van der Waals surface area contributed by atoms with Crippen molar-refractivity contribution in [2.75, 3.05) is 14.2 Å². The molecular formula is C44H47BrO13. The van der Waals surface area contributed by atoms with Crippen molar-refractivity contribution < 1.29 is 62.7 Å². The summed E-state index contributed by atoms with van der Waals surface area (Å²) in [7, 11) is 2.83. The van der Waals surface area contributed by atoms with Crippen LogP contribution in [0.4, 0.5) is 0 Å². The van der Waals surface area contributed by atoms with Crippen LogP contribution in [0.25, 0.3) is 0 Å². The molecule has 0 aromatic heterocycles. The lowest BCUT2D eigenvalue weighted by atomic mass is 9.92. The van der Waals surface area contributed by atoms with E-state index in [9.17, 15) is 39.0 Å². The highest BCUT2D eigenvalue weighted by molar-refractivity contribution is 9.10. The molecule has 2 N–H and O–H groups in total. The van der Waals surface area contributed by atoms with Crippen LogP contribution in [0.15, 0.2) is 46.4 Å². The summed E-state index contributed by atoms with van der Waals surface area (Å²) < 4.78 is 27.1. The number of hydrogen-bond acceptors (Lipinski definition) is 12. The third-order valence-corrected chi connectivity index (χ3v) is 10.8. The molecule has 3 aromatic carbocycles. The summed E-state index contributed by atoms with van der Waals surface area (Å²) in [5, 5.41) is 21.0. The van der Waals surface area contributed by atoms with Gasteiger partial charge < -0.3 is 33.9 Å². The highest BCUT2D eigenvalue weighted by Gasteiger charge is 2.34. The lowest BCUT2D eigenvalue weighted by Gasteiger charge is -2.23. The van der Waals surface area contributed by atoms with Crippen molar-refractivity contribution >= 4 is 51.9 Å². The molecule has 308 valence electrons. The zero-order valence-electron chi connectivity index (χ0n) is 34.5. The zero-order chi connectivity index (χ0) is 43.9. The number of methoxy groups -OCH3 is 2. The lowest BCUT2D eigenvalue weighted by molar-refractivity contribution is -0.137. The fourth-order valence-electron chi connectivity index (χ4n) is 6.66. The number of rotatable bonds is 11. The van der Waals surface area contributed by atoms with Crippen LogP contribution in [-0.4, -0.2) is 60.4 Å². The number of aryl methyl sites for hydroxylation is 1. The van der Waals surface area contributed by atoms with Crippen molar-refractivity contribution in [1.82, 2.24) is 0 Å². The van der Waals surface area contributed by atoms with Gasteiger partial charge >= 0.3 is 23.9 Å². The molecule has 3 aromatic rings. The number of hydrogen-bond donors (Lipinski definition) is 2. The van der Waals surface area contributed by atoms with E-state index in [1.807, 2.05) is 6.92 Å². The molecule has 4 rings (SSSR count). The number of aromatic hydroxyl groups is 1. The van der Waals surface area contributed by atoms with Crippen molar-refractivity contribution in [3.63, 3.8) is 0 Å². The van der Waals surface area contributed by atoms with Gasteiger partial charge in [-0.05, 0) is 152 Å². The Hall–Kier alpha value is -6.02. The molecule has 0 heterocycles. The van der Waals surface area contributed by atoms with Gasteiger partial charge in [-0.1, -0.05) is 6.92 Å². The van der Waals surface area contributed by atoms with Crippen molar-refractivity contribution in [1.29, 1.82) is 0 Å². The summed E-state index contributed by atoms with van der Waals surface area (Å²) in [5.74, 6) is -4.61. The Morgan fingerprint density at radius 3 is 1.81 bits per heavy atom. The molecule has 0 saturated heterocycles. The molecule has 1 aliphatic carbocycles. The number of carbonyl (C=O) groups excluding carboxylic acids is 5. The molecule has 0 amide bonds. The van der Waals surface area contributed by atoms with Crippen molar-refractivity contribution in [3.05, 3.63) is 113 Å². The number of ether oxygens (including phenoxy) is 5. The first kappa shape index (κ1) is 46.4. The maximum Gasteiger partial charge on any atom is 0.347 e. The third kappa shape index (κ3) is 9.39. The van der Waals surface area contributed by atoms with E-state index in [2.05, 4.69) is 20.7 Å². The quantitative estimate of drug-likeness (QED) is 0.0617. The Morgan fingerprint density at radius 1 is 0.759 bits per heavy atom. The summed E-state index contributed by atoms with van der Waals surface area (Å²) in [4.78, 5) is 74.0. The Bertz CT molecular complexity index is 2250. The number of carbonyl (C=O) groups is 6. The standard InChI is InChI=1S/C40H41BrO11.C4H6O2/c1-12-26-24(10)27(14-17(3)29(26)38(46)51-35-21(7)18(4)31(37(44)45)19(5)22(35)8)50-40(48)32-20(6)23(9)36(33(41)34(32)43)52-39(47)30-16(2)13-25(42)15-28(30)49-11;1-6-4-2-3-5/h13-15,30,43H,12H2,1-11H3,(H,44,45);2-4H,1H3/b;4-2+. The van der Waals surface area contributed by atoms with Crippen LogP contribution in [0.1, 0.15) is 95.0 Å². The number of halogens is 1. The predicted octanol–water partition coefficient (Wildman–Crippen LogP) is 8.25. The molecule has 0 spiro atoms. The van der Waals surface area contributed by atoms with E-state index in [1.165, 1.54) is 38.7 Å². The summed E-state index contributed by atoms with van der Waals surface area (Å²) in [6, 6.07) is 1.54. The minimum Gasteiger partial charge on any atom is -0.506 e. The number of aldehydes is 1. The van der Waals surface area contributed by atoms with Crippen LogP contribution in [0.5, 0.6) is 23.0 Å². The molecule has 0 fully saturated rings. The molecule has 0 bridgehead atoms. The molecule has 1 unspecified atom stereocenters.